The van der Waals surface area contributed by atoms with E-state index in [2.05, 4.69) is 0 Å². The van der Waals surface area contributed by atoms with Crippen LogP contribution >= 0.6 is 23.4 Å². The van der Waals surface area contributed by atoms with Crippen LogP contribution in [0.1, 0.15) is 21.7 Å². The summed E-state index contributed by atoms with van der Waals surface area (Å²) in [5.74, 6) is -1.43. The fourth-order valence-corrected chi connectivity index (χ4v) is 4.07. The lowest BCUT2D eigenvalue weighted by Gasteiger charge is -2.12. The van der Waals surface area contributed by atoms with Gasteiger partial charge in [-0.2, -0.15) is 0 Å². The Morgan fingerprint density at radius 2 is 1.94 bits per heavy atom. The molecule has 4 rings (SSSR count). The topological polar surface area (TPSA) is 87.8 Å². The highest BCUT2D eigenvalue weighted by Crippen LogP contribution is 2.35. The number of nitrogens with zero attached hydrogens (tertiary/aromatic N) is 1. The van der Waals surface area contributed by atoms with E-state index < -0.39 is 22.9 Å². The highest BCUT2D eigenvalue weighted by molar-refractivity contribution is 8.18. The number of hydrogen-bond acceptors (Lipinski definition) is 5. The predicted octanol–water partition coefficient (Wildman–Crippen LogP) is 5.67. The first-order valence-corrected chi connectivity index (χ1v) is 10.1. The maximum atomic E-state index is 13.9. The molecule has 0 unspecified atom stereocenters. The summed E-state index contributed by atoms with van der Waals surface area (Å²) in [6.07, 6.45) is 1.43. The van der Waals surface area contributed by atoms with Gasteiger partial charge in [0.2, 0.25) is 0 Å². The molecule has 156 valence electrons. The lowest BCUT2D eigenvalue weighted by molar-refractivity contribution is -0.123. The molecule has 0 saturated carbocycles. The zero-order chi connectivity index (χ0) is 22.1. The zero-order valence-electron chi connectivity index (χ0n) is 15.7. The number of amides is 2. The predicted molar refractivity (Wildman–Crippen MR) is 114 cm³/mol. The highest BCUT2D eigenvalue weighted by atomic mass is 35.5. The van der Waals surface area contributed by atoms with Crippen molar-refractivity contribution >= 4 is 46.6 Å². The molecule has 0 aliphatic carbocycles. The maximum absolute atomic E-state index is 13.9. The molecule has 1 aliphatic heterocycles. The third-order valence-electron chi connectivity index (χ3n) is 4.54. The minimum absolute atomic E-state index is 0.0271. The lowest BCUT2D eigenvalue weighted by atomic mass is 10.1. The minimum Gasteiger partial charge on any atom is -0.478 e. The number of hydrogen-bond donors (Lipinski definition) is 1. The summed E-state index contributed by atoms with van der Waals surface area (Å²) in [5.41, 5.74) is 0.774. The number of benzene rings is 2. The van der Waals surface area contributed by atoms with Crippen LogP contribution < -0.4 is 0 Å². The third kappa shape index (κ3) is 4.26. The molecule has 0 spiro atoms. The quantitative estimate of drug-likeness (QED) is 0.496. The van der Waals surface area contributed by atoms with E-state index in [9.17, 15) is 18.8 Å². The van der Waals surface area contributed by atoms with Gasteiger partial charge >= 0.3 is 5.97 Å². The molecule has 6 nitrogen and oxygen atoms in total. The van der Waals surface area contributed by atoms with Gasteiger partial charge in [-0.1, -0.05) is 35.9 Å². The SMILES string of the molecule is O=C(O)c1ccc(-c2ccc(/C=C3/SC(=O)N(Cc4ccccc4F)C3=O)o2)cc1Cl. The first-order chi connectivity index (χ1) is 14.8. The Morgan fingerprint density at radius 3 is 2.65 bits per heavy atom. The van der Waals surface area contributed by atoms with Gasteiger partial charge in [0, 0.05) is 17.2 Å². The Labute approximate surface area is 184 Å². The van der Waals surface area contributed by atoms with Crippen molar-refractivity contribution in [3.8, 4) is 11.3 Å². The van der Waals surface area contributed by atoms with Crippen LogP contribution in [0.5, 0.6) is 0 Å². The monoisotopic (exact) mass is 457 g/mol. The second kappa shape index (κ2) is 8.41. The molecule has 1 aromatic heterocycles. The molecule has 0 atom stereocenters. The summed E-state index contributed by atoms with van der Waals surface area (Å²) >= 11 is 6.74. The number of aromatic carboxylic acids is 1. The molecule has 2 amide bonds. The van der Waals surface area contributed by atoms with Gasteiger partial charge in [-0.3, -0.25) is 14.5 Å². The van der Waals surface area contributed by atoms with Gasteiger partial charge in [-0.15, -0.1) is 0 Å². The lowest BCUT2D eigenvalue weighted by Crippen LogP contribution is -2.27. The average Bonchev–Trinajstić information content (AvgIpc) is 3.29. The number of carbonyl (C=O) groups excluding carboxylic acids is 2. The molecule has 0 radical (unpaired) electrons. The summed E-state index contributed by atoms with van der Waals surface area (Å²) < 4.78 is 19.6. The van der Waals surface area contributed by atoms with Crippen molar-refractivity contribution in [3.63, 3.8) is 0 Å². The van der Waals surface area contributed by atoms with Gasteiger partial charge < -0.3 is 9.52 Å². The number of imide groups is 1. The minimum atomic E-state index is -1.14. The van der Waals surface area contributed by atoms with E-state index in [1.165, 1.54) is 36.4 Å². The van der Waals surface area contributed by atoms with Crippen LogP contribution in [0.3, 0.4) is 0 Å². The van der Waals surface area contributed by atoms with E-state index in [4.69, 9.17) is 21.1 Å². The Morgan fingerprint density at radius 1 is 1.16 bits per heavy atom. The first kappa shape index (κ1) is 20.9. The fourth-order valence-electron chi connectivity index (χ4n) is 2.99. The molecule has 3 aromatic rings. The Bertz CT molecular complexity index is 1250. The molecule has 9 heteroatoms. The van der Waals surface area contributed by atoms with Crippen LogP contribution in [0.25, 0.3) is 17.4 Å². The average molecular weight is 458 g/mol. The summed E-state index contributed by atoms with van der Waals surface area (Å²) in [6, 6.07) is 13.6. The van der Waals surface area contributed by atoms with Crippen molar-refractivity contribution in [1.29, 1.82) is 0 Å². The van der Waals surface area contributed by atoms with E-state index in [-0.39, 0.29) is 27.6 Å². The van der Waals surface area contributed by atoms with Crippen molar-refractivity contribution in [3.05, 3.63) is 87.2 Å². The molecule has 2 heterocycles. The van der Waals surface area contributed by atoms with Crippen molar-refractivity contribution in [2.45, 2.75) is 6.54 Å². The van der Waals surface area contributed by atoms with Crippen LogP contribution in [-0.2, 0) is 11.3 Å². The van der Waals surface area contributed by atoms with Crippen molar-refractivity contribution < 1.29 is 28.3 Å². The second-order valence-corrected chi connectivity index (χ2v) is 7.96. The van der Waals surface area contributed by atoms with Crippen LogP contribution in [0.4, 0.5) is 9.18 Å². The summed E-state index contributed by atoms with van der Waals surface area (Å²) in [4.78, 5) is 37.1. The zero-order valence-corrected chi connectivity index (χ0v) is 17.2. The van der Waals surface area contributed by atoms with Crippen molar-refractivity contribution in [2.75, 3.05) is 0 Å². The highest BCUT2D eigenvalue weighted by Gasteiger charge is 2.35. The molecular formula is C22H13ClFNO5S. The fraction of sp³-hybridized carbons (Fsp3) is 0.0455. The standard InChI is InChI=1S/C22H13ClFNO5S/c23-16-9-12(5-7-15(16)21(27)28)18-8-6-14(30-18)10-19-20(26)25(22(29)31-19)11-13-3-1-2-4-17(13)24/h1-10H,11H2,(H,27,28)/b19-10+. The number of rotatable bonds is 5. The van der Waals surface area contributed by atoms with Gasteiger partial charge in [0.1, 0.15) is 17.3 Å². The van der Waals surface area contributed by atoms with Gasteiger partial charge in [-0.25, -0.2) is 9.18 Å². The van der Waals surface area contributed by atoms with Gasteiger partial charge in [-0.05, 0) is 42.1 Å². The maximum Gasteiger partial charge on any atom is 0.337 e. The molecule has 1 aliphatic rings. The van der Waals surface area contributed by atoms with E-state index in [0.29, 0.717) is 17.1 Å². The molecule has 0 bridgehead atoms. The van der Waals surface area contributed by atoms with Crippen LogP contribution in [0.2, 0.25) is 5.02 Å². The van der Waals surface area contributed by atoms with Crippen molar-refractivity contribution in [2.24, 2.45) is 0 Å². The number of carboxylic acids is 1. The molecule has 1 saturated heterocycles. The Hall–Kier alpha value is -3.36. The first-order valence-electron chi connectivity index (χ1n) is 8.95. The van der Waals surface area contributed by atoms with Gasteiger partial charge in [0.15, 0.2) is 0 Å². The normalized spacial score (nSPS) is 15.2. The largest absolute Gasteiger partial charge is 0.478 e. The van der Waals surface area contributed by atoms with Crippen molar-refractivity contribution in [1.82, 2.24) is 4.90 Å². The van der Waals surface area contributed by atoms with Crippen LogP contribution in [0, 0.1) is 5.82 Å². The third-order valence-corrected chi connectivity index (χ3v) is 5.76. The van der Waals surface area contributed by atoms with Crippen LogP contribution in [-0.4, -0.2) is 27.1 Å². The smallest absolute Gasteiger partial charge is 0.337 e. The molecular weight excluding hydrogens is 445 g/mol. The summed E-state index contributed by atoms with van der Waals surface area (Å²) in [5, 5.41) is 8.63. The summed E-state index contributed by atoms with van der Waals surface area (Å²) in [7, 11) is 0. The van der Waals surface area contributed by atoms with E-state index in [0.717, 1.165) is 16.7 Å². The number of halogens is 2. The number of carboxylic acid groups (broad SMARTS) is 1. The van der Waals surface area contributed by atoms with E-state index >= 15 is 0 Å². The molecule has 31 heavy (non-hydrogen) atoms. The molecule has 2 aromatic carbocycles. The number of furan rings is 1. The molecule has 1 fully saturated rings. The van der Waals surface area contributed by atoms with Crippen LogP contribution in [0.15, 0.2) is 63.9 Å². The summed E-state index contributed by atoms with van der Waals surface area (Å²) in [6.45, 7) is -0.160. The van der Waals surface area contributed by atoms with Gasteiger partial charge in [0.05, 0.1) is 22.0 Å². The number of thioether (sulfide) groups is 1. The Kier molecular flexibility index (Phi) is 5.67. The van der Waals surface area contributed by atoms with Gasteiger partial charge in [0.25, 0.3) is 11.1 Å². The molecule has 1 N–H and O–H groups in total. The number of carbonyl (C=O) groups is 3. The Balaban J connectivity index is 1.55. The second-order valence-electron chi connectivity index (χ2n) is 6.56. The van der Waals surface area contributed by atoms with E-state index in [1.54, 1.807) is 24.3 Å². The van der Waals surface area contributed by atoms with E-state index in [1.807, 2.05) is 0 Å².